The summed E-state index contributed by atoms with van der Waals surface area (Å²) in [5.41, 5.74) is 7.89. The molecule has 0 bridgehead atoms. The Hall–Kier alpha value is -0.830. The number of hydrogen-bond donors (Lipinski definition) is 1. The van der Waals surface area contributed by atoms with Crippen molar-refractivity contribution in [3.8, 4) is 5.75 Å². The van der Waals surface area contributed by atoms with Gasteiger partial charge < -0.3 is 10.5 Å². The Morgan fingerprint density at radius 3 is 2.75 bits per heavy atom. The number of rotatable bonds is 4. The molecule has 1 aliphatic rings. The molecule has 0 heterocycles. The van der Waals surface area contributed by atoms with Crippen molar-refractivity contribution in [2.45, 2.75) is 36.7 Å². The van der Waals surface area contributed by atoms with Gasteiger partial charge in [-0.15, -0.1) is 0 Å². The Morgan fingerprint density at radius 1 is 1.31 bits per heavy atom. The summed E-state index contributed by atoms with van der Waals surface area (Å²) in [5.74, 6) is 1.91. The molecule has 0 radical (unpaired) electrons. The van der Waals surface area contributed by atoms with Gasteiger partial charge in [0, 0.05) is 22.8 Å². The quantitative estimate of drug-likeness (QED) is 0.815. The maximum Gasteiger partial charge on any atom is 0.121 e. The minimum Gasteiger partial charge on any atom is -0.497 e. The lowest BCUT2D eigenvalue weighted by Crippen LogP contribution is -1.96. The minimum atomic E-state index is 0.793. The third-order valence-corrected chi connectivity index (χ3v) is 4.46. The van der Waals surface area contributed by atoms with Gasteiger partial charge in [0.05, 0.1) is 7.11 Å². The molecular weight excluding hydrogens is 218 g/mol. The van der Waals surface area contributed by atoms with Gasteiger partial charge in [0.15, 0.2) is 0 Å². The van der Waals surface area contributed by atoms with Crippen molar-refractivity contribution in [2.24, 2.45) is 0 Å². The van der Waals surface area contributed by atoms with Gasteiger partial charge in [-0.3, -0.25) is 0 Å². The van der Waals surface area contributed by atoms with Crippen molar-refractivity contribution < 1.29 is 4.74 Å². The van der Waals surface area contributed by atoms with Crippen molar-refractivity contribution in [1.82, 2.24) is 0 Å². The van der Waals surface area contributed by atoms with Crippen LogP contribution < -0.4 is 10.5 Å². The van der Waals surface area contributed by atoms with E-state index in [1.807, 2.05) is 12.1 Å². The number of methoxy groups -OCH3 is 1. The monoisotopic (exact) mass is 237 g/mol. The highest BCUT2D eigenvalue weighted by Gasteiger charge is 2.15. The highest BCUT2D eigenvalue weighted by molar-refractivity contribution is 7.99. The van der Waals surface area contributed by atoms with E-state index in [1.165, 1.54) is 31.2 Å². The van der Waals surface area contributed by atoms with Gasteiger partial charge in [0.25, 0.3) is 0 Å². The van der Waals surface area contributed by atoms with Crippen LogP contribution in [0, 0.1) is 0 Å². The summed E-state index contributed by atoms with van der Waals surface area (Å²) in [5, 5.41) is 0.854. The van der Waals surface area contributed by atoms with Crippen molar-refractivity contribution in [3.63, 3.8) is 0 Å². The highest BCUT2D eigenvalue weighted by atomic mass is 32.2. The Kier molecular flexibility index (Phi) is 3.99. The number of hydrogen-bond acceptors (Lipinski definition) is 3. The highest BCUT2D eigenvalue weighted by Crippen LogP contribution is 2.32. The number of nitrogen functional groups attached to an aromatic ring is 1. The second-order valence-corrected chi connectivity index (χ2v) is 5.62. The molecule has 1 fully saturated rings. The van der Waals surface area contributed by atoms with E-state index in [-0.39, 0.29) is 0 Å². The number of ether oxygens (including phenoxy) is 1. The molecule has 0 spiro atoms. The van der Waals surface area contributed by atoms with Crippen LogP contribution in [0.25, 0.3) is 0 Å². The smallest absolute Gasteiger partial charge is 0.121 e. The zero-order valence-corrected chi connectivity index (χ0v) is 10.6. The van der Waals surface area contributed by atoms with Gasteiger partial charge in [-0.25, -0.2) is 0 Å². The Balaban J connectivity index is 1.94. The lowest BCUT2D eigenvalue weighted by Gasteiger charge is -2.10. The van der Waals surface area contributed by atoms with E-state index in [2.05, 4.69) is 17.8 Å². The van der Waals surface area contributed by atoms with E-state index >= 15 is 0 Å². The molecule has 2 nitrogen and oxygen atoms in total. The van der Waals surface area contributed by atoms with Crippen LogP contribution in [0.4, 0.5) is 5.69 Å². The standard InChI is InChI=1S/C13H19NOS/c1-15-12-7-10(6-11(14)8-12)9-16-13-4-2-3-5-13/h6-8,13H,2-5,9,14H2,1H3. The molecule has 1 saturated carbocycles. The van der Waals surface area contributed by atoms with E-state index in [0.29, 0.717) is 0 Å². The van der Waals surface area contributed by atoms with Crippen LogP contribution in [0.5, 0.6) is 5.75 Å². The van der Waals surface area contributed by atoms with E-state index in [9.17, 15) is 0 Å². The lowest BCUT2D eigenvalue weighted by atomic mass is 10.2. The Morgan fingerprint density at radius 2 is 2.06 bits per heavy atom. The molecule has 0 unspecified atom stereocenters. The molecule has 2 rings (SSSR count). The molecule has 3 heteroatoms. The van der Waals surface area contributed by atoms with Crippen LogP contribution in [0.3, 0.4) is 0 Å². The van der Waals surface area contributed by atoms with E-state index in [4.69, 9.17) is 10.5 Å². The van der Waals surface area contributed by atoms with E-state index < -0.39 is 0 Å². The summed E-state index contributed by atoms with van der Waals surface area (Å²) in [7, 11) is 1.68. The largest absolute Gasteiger partial charge is 0.497 e. The van der Waals surface area contributed by atoms with Gasteiger partial charge in [-0.1, -0.05) is 12.8 Å². The fourth-order valence-corrected chi connectivity index (χ4v) is 3.42. The molecule has 1 aromatic rings. The summed E-state index contributed by atoms with van der Waals surface area (Å²) < 4.78 is 5.22. The maximum absolute atomic E-state index is 5.83. The van der Waals surface area contributed by atoms with Gasteiger partial charge in [0.1, 0.15) is 5.75 Å². The summed E-state index contributed by atoms with van der Waals surface area (Å²) in [6.45, 7) is 0. The first-order valence-electron chi connectivity index (χ1n) is 5.83. The summed E-state index contributed by atoms with van der Waals surface area (Å²) in [6.07, 6.45) is 5.56. The molecule has 0 atom stereocenters. The minimum absolute atomic E-state index is 0.793. The average molecular weight is 237 g/mol. The number of thioether (sulfide) groups is 1. The molecule has 0 aliphatic heterocycles. The second kappa shape index (κ2) is 5.48. The summed E-state index contributed by atoms with van der Waals surface area (Å²) in [6, 6.07) is 5.99. The van der Waals surface area contributed by atoms with Gasteiger partial charge in [-0.05, 0) is 30.5 Å². The number of anilines is 1. The van der Waals surface area contributed by atoms with E-state index in [0.717, 1.165) is 22.4 Å². The zero-order chi connectivity index (χ0) is 11.4. The van der Waals surface area contributed by atoms with Gasteiger partial charge >= 0.3 is 0 Å². The Labute approximate surface area is 102 Å². The summed E-state index contributed by atoms with van der Waals surface area (Å²) >= 11 is 2.05. The average Bonchev–Trinajstić information content (AvgIpc) is 2.78. The fraction of sp³-hybridized carbons (Fsp3) is 0.538. The maximum atomic E-state index is 5.83. The van der Waals surface area contributed by atoms with Gasteiger partial charge in [-0.2, -0.15) is 11.8 Å². The van der Waals surface area contributed by atoms with Crippen LogP contribution in [0.1, 0.15) is 31.2 Å². The molecular formula is C13H19NOS. The van der Waals surface area contributed by atoms with Crippen molar-refractivity contribution in [3.05, 3.63) is 23.8 Å². The molecule has 1 aliphatic carbocycles. The third-order valence-electron chi connectivity index (χ3n) is 3.01. The summed E-state index contributed by atoms with van der Waals surface area (Å²) in [4.78, 5) is 0. The molecule has 1 aromatic carbocycles. The number of nitrogens with two attached hydrogens (primary N) is 1. The van der Waals surface area contributed by atoms with Crippen LogP contribution >= 0.6 is 11.8 Å². The fourth-order valence-electron chi connectivity index (χ4n) is 2.16. The predicted molar refractivity (Wildman–Crippen MR) is 71.0 cm³/mol. The predicted octanol–water partition coefficient (Wildman–Crippen LogP) is 3.45. The molecule has 0 aromatic heterocycles. The SMILES string of the molecule is COc1cc(N)cc(CSC2CCCC2)c1. The molecule has 88 valence electrons. The molecule has 0 saturated heterocycles. The van der Waals surface area contributed by atoms with Crippen LogP contribution in [0.2, 0.25) is 0 Å². The zero-order valence-electron chi connectivity index (χ0n) is 9.74. The lowest BCUT2D eigenvalue weighted by molar-refractivity contribution is 0.414. The normalized spacial score (nSPS) is 16.6. The van der Waals surface area contributed by atoms with Crippen molar-refractivity contribution in [2.75, 3.05) is 12.8 Å². The first kappa shape index (κ1) is 11.6. The molecule has 16 heavy (non-hydrogen) atoms. The van der Waals surface area contributed by atoms with Crippen LogP contribution in [-0.2, 0) is 5.75 Å². The topological polar surface area (TPSA) is 35.2 Å². The van der Waals surface area contributed by atoms with Crippen LogP contribution in [0.15, 0.2) is 18.2 Å². The molecule has 2 N–H and O–H groups in total. The van der Waals surface area contributed by atoms with Gasteiger partial charge in [0.2, 0.25) is 0 Å². The number of benzene rings is 1. The first-order valence-corrected chi connectivity index (χ1v) is 6.88. The van der Waals surface area contributed by atoms with Crippen molar-refractivity contribution in [1.29, 1.82) is 0 Å². The van der Waals surface area contributed by atoms with E-state index in [1.54, 1.807) is 7.11 Å². The molecule has 0 amide bonds. The first-order chi connectivity index (χ1) is 7.78. The Bertz CT molecular complexity index is 348. The third kappa shape index (κ3) is 3.08. The van der Waals surface area contributed by atoms with Crippen molar-refractivity contribution >= 4 is 17.4 Å². The second-order valence-electron chi connectivity index (χ2n) is 4.33. The van der Waals surface area contributed by atoms with Crippen LogP contribution in [-0.4, -0.2) is 12.4 Å².